The fourth-order valence-corrected chi connectivity index (χ4v) is 8.06. The zero-order chi connectivity index (χ0) is 30.9. The largest absolute Gasteiger partial charge is 0.497 e. The molecule has 0 unspecified atom stereocenters. The van der Waals surface area contributed by atoms with Crippen LogP contribution in [-0.4, -0.2) is 76.7 Å². The van der Waals surface area contributed by atoms with Gasteiger partial charge in [0.15, 0.2) is 5.79 Å². The lowest BCUT2D eigenvalue weighted by molar-refractivity contribution is -0.215. The molecule has 9 nitrogen and oxygen atoms in total. The van der Waals surface area contributed by atoms with Gasteiger partial charge in [-0.3, -0.25) is 4.79 Å². The number of amides is 1. The lowest BCUT2D eigenvalue weighted by Gasteiger charge is -2.45. The second-order valence-electron chi connectivity index (χ2n) is 11.6. The summed E-state index contributed by atoms with van der Waals surface area (Å²) in [5.41, 5.74) is 6.78. The van der Waals surface area contributed by atoms with Crippen molar-refractivity contribution in [3.63, 3.8) is 0 Å². The molecule has 0 aromatic heterocycles. The topological polar surface area (TPSA) is 111 Å². The number of halogens is 1. The van der Waals surface area contributed by atoms with Crippen molar-refractivity contribution in [3.8, 4) is 5.75 Å². The minimum Gasteiger partial charge on any atom is -0.497 e. The highest BCUT2D eigenvalue weighted by Gasteiger charge is 2.47. The first-order valence-corrected chi connectivity index (χ1v) is 16.6. The van der Waals surface area contributed by atoms with Gasteiger partial charge in [-0.15, -0.1) is 0 Å². The van der Waals surface area contributed by atoms with Crippen LogP contribution in [0.5, 0.6) is 5.75 Å². The van der Waals surface area contributed by atoms with Gasteiger partial charge in [0.05, 0.1) is 41.4 Å². The number of para-hydroxylation sites is 1. The number of nitrogens with zero attached hydrogens (tertiary/aromatic N) is 2. The predicted molar refractivity (Wildman–Crippen MR) is 163 cm³/mol. The Kier molecular flexibility index (Phi) is 8.65. The molecule has 0 bridgehead atoms. The van der Waals surface area contributed by atoms with Gasteiger partial charge in [-0.1, -0.05) is 18.2 Å². The van der Waals surface area contributed by atoms with Crippen LogP contribution < -0.4 is 10.5 Å². The number of benzene rings is 3. The molecule has 0 spiro atoms. The number of piperidine rings is 2. The molecule has 3 aliphatic heterocycles. The summed E-state index contributed by atoms with van der Waals surface area (Å²) in [4.78, 5) is 17.7. The van der Waals surface area contributed by atoms with E-state index in [0.717, 1.165) is 44.3 Å². The van der Waals surface area contributed by atoms with Crippen LogP contribution in [0.4, 0.5) is 10.1 Å². The Morgan fingerprint density at radius 2 is 1.48 bits per heavy atom. The Balaban J connectivity index is 1.08. The van der Waals surface area contributed by atoms with Crippen molar-refractivity contribution in [2.45, 2.75) is 47.3 Å². The molecule has 0 aliphatic carbocycles. The molecular formula is C33H38FN3O6S. The highest BCUT2D eigenvalue weighted by atomic mass is 32.2. The molecular weight excluding hydrogens is 585 g/mol. The first-order chi connectivity index (χ1) is 21.2. The van der Waals surface area contributed by atoms with Gasteiger partial charge >= 0.3 is 0 Å². The third-order valence-corrected chi connectivity index (χ3v) is 11.1. The van der Waals surface area contributed by atoms with Gasteiger partial charge in [0, 0.05) is 30.6 Å². The number of methoxy groups -OCH3 is 1. The fraction of sp³-hybridized carbons (Fsp3) is 0.424. The molecule has 1 amide bonds. The van der Waals surface area contributed by atoms with Gasteiger partial charge in [0.2, 0.25) is 9.84 Å². The zero-order valence-corrected chi connectivity index (χ0v) is 25.6. The number of nitrogens with two attached hydrogens (primary N) is 1. The Morgan fingerprint density at radius 3 is 2.07 bits per heavy atom. The minimum absolute atomic E-state index is 0.0968. The van der Waals surface area contributed by atoms with Gasteiger partial charge in [0.25, 0.3) is 5.91 Å². The number of hydrogen-bond donors (Lipinski definition) is 1. The highest BCUT2D eigenvalue weighted by Crippen LogP contribution is 2.44. The monoisotopic (exact) mass is 623 g/mol. The van der Waals surface area contributed by atoms with Crippen molar-refractivity contribution in [3.05, 3.63) is 83.7 Å². The molecule has 3 saturated heterocycles. The van der Waals surface area contributed by atoms with Crippen LogP contribution in [-0.2, 0) is 25.1 Å². The minimum atomic E-state index is -3.69. The molecule has 234 valence electrons. The molecule has 11 heteroatoms. The van der Waals surface area contributed by atoms with Crippen molar-refractivity contribution in [1.29, 1.82) is 0 Å². The van der Waals surface area contributed by atoms with Crippen LogP contribution in [0.25, 0.3) is 0 Å². The average molecular weight is 624 g/mol. The molecule has 3 aliphatic rings. The smallest absolute Gasteiger partial charge is 0.256 e. The summed E-state index contributed by atoms with van der Waals surface area (Å²) < 4.78 is 58.1. The summed E-state index contributed by atoms with van der Waals surface area (Å²) in [6, 6.07) is 17.9. The van der Waals surface area contributed by atoms with E-state index in [2.05, 4.69) is 4.90 Å². The van der Waals surface area contributed by atoms with E-state index < -0.39 is 21.4 Å². The predicted octanol–water partition coefficient (Wildman–Crippen LogP) is 4.47. The van der Waals surface area contributed by atoms with Gasteiger partial charge in [-0.2, -0.15) is 0 Å². The van der Waals surface area contributed by atoms with Crippen LogP contribution in [0.3, 0.4) is 0 Å². The zero-order valence-electron chi connectivity index (χ0n) is 24.8. The average Bonchev–Trinajstić information content (AvgIpc) is 3.57. The summed E-state index contributed by atoms with van der Waals surface area (Å²) in [6.45, 7) is 3.91. The van der Waals surface area contributed by atoms with Gasteiger partial charge < -0.3 is 29.7 Å². The molecule has 2 N–H and O–H groups in total. The van der Waals surface area contributed by atoms with E-state index in [4.69, 9.17) is 19.9 Å². The number of nitrogen functional groups attached to an aromatic ring is 1. The van der Waals surface area contributed by atoms with E-state index >= 15 is 0 Å². The SMILES string of the molecule is COc1ccc(S(=O)(=O)c2ccc(C3(C4CCN(C5CCN(C(=O)c6cccc(F)c6N)CC5)CC4)OCCO3)cc2)cc1. The van der Waals surface area contributed by atoms with Crippen LogP contribution >= 0.6 is 0 Å². The summed E-state index contributed by atoms with van der Waals surface area (Å²) in [5, 5.41) is 0. The maximum absolute atomic E-state index is 13.9. The normalized spacial score (nSPS) is 20.1. The number of likely N-dealkylation sites (tertiary alicyclic amines) is 2. The number of carbonyl (C=O) groups excluding carboxylic acids is 1. The lowest BCUT2D eigenvalue weighted by Crippen LogP contribution is -2.51. The number of ether oxygens (including phenoxy) is 3. The number of rotatable bonds is 7. The van der Waals surface area contributed by atoms with E-state index in [1.165, 1.54) is 19.2 Å². The van der Waals surface area contributed by atoms with Gasteiger partial charge in [-0.05, 0) is 87.3 Å². The Hall–Kier alpha value is -3.51. The van der Waals surface area contributed by atoms with Crippen LogP contribution in [0.15, 0.2) is 76.5 Å². The van der Waals surface area contributed by atoms with E-state index in [0.29, 0.717) is 38.1 Å². The summed E-state index contributed by atoms with van der Waals surface area (Å²) in [6.07, 6.45) is 3.41. The Labute approximate surface area is 257 Å². The van der Waals surface area contributed by atoms with Crippen LogP contribution in [0.2, 0.25) is 0 Å². The van der Waals surface area contributed by atoms with E-state index in [1.54, 1.807) is 47.4 Å². The highest BCUT2D eigenvalue weighted by molar-refractivity contribution is 7.91. The first-order valence-electron chi connectivity index (χ1n) is 15.1. The summed E-state index contributed by atoms with van der Waals surface area (Å²) >= 11 is 0. The molecule has 0 saturated carbocycles. The molecule has 3 aromatic carbocycles. The molecule has 3 fully saturated rings. The second kappa shape index (κ2) is 12.5. The van der Waals surface area contributed by atoms with E-state index in [9.17, 15) is 17.6 Å². The Bertz CT molecular complexity index is 1580. The van der Waals surface area contributed by atoms with Crippen LogP contribution in [0.1, 0.15) is 41.6 Å². The standard InChI is InChI=1S/C33H38FN3O6S/c1-41-26-7-11-28(12-8-26)44(39,40)27-9-5-23(6-10-27)33(42-21-22-43-33)24-13-17-36(18-14-24)25-15-19-37(20-16-25)32(38)29-3-2-4-30(34)31(29)35/h2-12,24-25H,13-22,35H2,1H3. The number of hydrogen-bond acceptors (Lipinski definition) is 8. The second-order valence-corrected chi connectivity index (χ2v) is 13.6. The van der Waals surface area contributed by atoms with Crippen molar-refractivity contribution >= 4 is 21.4 Å². The maximum Gasteiger partial charge on any atom is 0.256 e. The molecule has 0 radical (unpaired) electrons. The van der Waals surface area contributed by atoms with Gasteiger partial charge in [-0.25, -0.2) is 12.8 Å². The van der Waals surface area contributed by atoms with Crippen molar-refractivity contribution < 1.29 is 31.8 Å². The Morgan fingerprint density at radius 1 is 0.886 bits per heavy atom. The first kappa shape index (κ1) is 30.5. The van der Waals surface area contributed by atoms with Crippen molar-refractivity contribution in [1.82, 2.24) is 9.80 Å². The molecule has 44 heavy (non-hydrogen) atoms. The molecule has 0 atom stereocenters. The number of carbonyl (C=O) groups is 1. The number of sulfone groups is 1. The van der Waals surface area contributed by atoms with Gasteiger partial charge in [0.1, 0.15) is 11.6 Å². The molecule has 3 heterocycles. The fourth-order valence-electron chi connectivity index (χ4n) is 6.80. The van der Waals surface area contributed by atoms with E-state index in [1.807, 2.05) is 12.1 Å². The third kappa shape index (κ3) is 5.69. The molecule has 3 aromatic rings. The summed E-state index contributed by atoms with van der Waals surface area (Å²) in [5.74, 6) is -0.997. The summed E-state index contributed by atoms with van der Waals surface area (Å²) in [7, 11) is -2.15. The molecule has 6 rings (SSSR count). The quantitative estimate of drug-likeness (QED) is 0.384. The van der Waals surface area contributed by atoms with E-state index in [-0.39, 0.29) is 32.9 Å². The van der Waals surface area contributed by atoms with Crippen molar-refractivity contribution in [2.75, 3.05) is 52.2 Å². The van der Waals surface area contributed by atoms with Crippen LogP contribution in [0, 0.1) is 11.7 Å². The third-order valence-electron chi connectivity index (χ3n) is 9.27. The lowest BCUT2D eigenvalue weighted by atomic mass is 9.83. The maximum atomic E-state index is 13.9. The van der Waals surface area contributed by atoms with Crippen molar-refractivity contribution in [2.24, 2.45) is 5.92 Å². The number of anilines is 1.